The molecular formula is C75H76O5. The topological polar surface area (TPSA) is 77.5 Å². The first-order chi connectivity index (χ1) is 37.9. The van der Waals surface area contributed by atoms with Gasteiger partial charge in [0.1, 0.15) is 22.7 Å². The smallest absolute Gasteiger partial charge is 0.196 e. The molecule has 10 rings (SSSR count). The molecule has 0 saturated heterocycles. The van der Waals surface area contributed by atoms with E-state index >= 15 is 0 Å². The van der Waals surface area contributed by atoms with E-state index in [1.165, 1.54) is 66.8 Å². The molecule has 0 saturated carbocycles. The number of hydrogen-bond acceptors (Lipinski definition) is 5. The lowest BCUT2D eigenvalue weighted by Gasteiger charge is -2.10. The molecule has 0 N–H and O–H groups in total. The maximum atomic E-state index is 12.6. The number of carbonyl (C=O) groups is 1. The lowest BCUT2D eigenvalue weighted by molar-refractivity contribution is 0.104. The van der Waals surface area contributed by atoms with Crippen LogP contribution >= 0.6 is 0 Å². The highest BCUT2D eigenvalue weighted by atomic mass is 16.3. The zero-order valence-electron chi connectivity index (χ0n) is 49.7. The first-order valence-electron chi connectivity index (χ1n) is 27.4. The van der Waals surface area contributed by atoms with E-state index in [0.29, 0.717) is 44.6 Å². The van der Waals surface area contributed by atoms with Crippen molar-refractivity contribution in [1.82, 2.24) is 0 Å². The lowest BCUT2D eigenvalue weighted by atomic mass is 9.99. The van der Waals surface area contributed by atoms with Gasteiger partial charge in [-0.25, -0.2) is 0 Å². The van der Waals surface area contributed by atoms with Gasteiger partial charge < -0.3 is 8.83 Å². The molecule has 0 aliphatic heterocycles. The van der Waals surface area contributed by atoms with Gasteiger partial charge in [-0.2, -0.15) is 0 Å². The Morgan fingerprint density at radius 3 is 1.43 bits per heavy atom. The fourth-order valence-electron chi connectivity index (χ4n) is 9.67. The molecule has 80 heavy (non-hydrogen) atoms. The third kappa shape index (κ3) is 14.7. The van der Waals surface area contributed by atoms with Gasteiger partial charge >= 0.3 is 0 Å². The van der Waals surface area contributed by atoms with Crippen LogP contribution in [0.2, 0.25) is 0 Å². The third-order valence-electron chi connectivity index (χ3n) is 14.8. The van der Waals surface area contributed by atoms with Crippen LogP contribution in [0.4, 0.5) is 0 Å². The van der Waals surface area contributed by atoms with Crippen LogP contribution in [0.15, 0.2) is 170 Å². The SMILES string of the molecule is Cc1cc(C)cc(/C=C/c2ccc(C)c(C)c2)c1.Cc1ccc(-c2oc3ccc(C)cc3c(=O)c2C)c(C)c1.Cc1ccc(C(=O)/C=C/c2ccc(C)c(C)c2)c(C)c1.Cc1ccc2c(=O)c(C)c(-c3ccc(C)c(C)c3)oc2c1. The Kier molecular flexibility index (Phi) is 19.1. The van der Waals surface area contributed by atoms with E-state index in [2.05, 4.69) is 141 Å². The Labute approximate surface area is 474 Å². The maximum absolute atomic E-state index is 12.6. The van der Waals surface area contributed by atoms with Crippen molar-refractivity contribution < 1.29 is 13.6 Å². The fourth-order valence-corrected chi connectivity index (χ4v) is 9.67. The minimum atomic E-state index is 0.0458. The fraction of sp³-hybridized carbons (Fsp3) is 0.213. The second-order valence-electron chi connectivity index (χ2n) is 21.8. The van der Waals surface area contributed by atoms with Crippen LogP contribution in [0.1, 0.15) is 116 Å². The predicted octanol–water partition coefficient (Wildman–Crippen LogP) is 19.3. The van der Waals surface area contributed by atoms with Crippen molar-refractivity contribution in [2.45, 2.75) is 111 Å². The van der Waals surface area contributed by atoms with Crippen LogP contribution in [0.25, 0.3) is 62.8 Å². The number of carbonyl (C=O) groups excluding carboxylic acids is 1. The van der Waals surface area contributed by atoms with E-state index in [1.807, 2.05) is 133 Å². The second-order valence-corrected chi connectivity index (χ2v) is 21.8. The minimum absolute atomic E-state index is 0.0458. The Morgan fingerprint density at radius 2 is 0.825 bits per heavy atom. The predicted molar refractivity (Wildman–Crippen MR) is 340 cm³/mol. The minimum Gasteiger partial charge on any atom is -0.456 e. The number of fused-ring (bicyclic) bond motifs is 2. The van der Waals surface area contributed by atoms with Gasteiger partial charge in [-0.15, -0.1) is 0 Å². The van der Waals surface area contributed by atoms with Gasteiger partial charge in [0.15, 0.2) is 16.6 Å². The van der Waals surface area contributed by atoms with Crippen LogP contribution in [0.5, 0.6) is 0 Å². The summed E-state index contributed by atoms with van der Waals surface area (Å²) in [7, 11) is 0. The van der Waals surface area contributed by atoms with Crippen molar-refractivity contribution >= 4 is 45.9 Å². The van der Waals surface area contributed by atoms with E-state index in [9.17, 15) is 14.4 Å². The molecule has 0 aliphatic carbocycles. The molecule has 2 aromatic heterocycles. The van der Waals surface area contributed by atoms with Crippen molar-refractivity contribution in [3.63, 3.8) is 0 Å². The van der Waals surface area contributed by atoms with Gasteiger partial charge in [-0.3, -0.25) is 14.4 Å². The summed E-state index contributed by atoms with van der Waals surface area (Å²) in [6.45, 7) is 32.6. The molecule has 8 aromatic carbocycles. The van der Waals surface area contributed by atoms with Gasteiger partial charge in [-0.1, -0.05) is 161 Å². The van der Waals surface area contributed by atoms with Crippen molar-refractivity contribution in [3.05, 3.63) is 283 Å². The summed E-state index contributed by atoms with van der Waals surface area (Å²) in [6, 6.07) is 49.1. The molecule has 2 heterocycles. The van der Waals surface area contributed by atoms with E-state index in [0.717, 1.165) is 44.5 Å². The molecule has 0 bridgehead atoms. The molecular weight excluding hydrogens is 981 g/mol. The van der Waals surface area contributed by atoms with Crippen LogP contribution < -0.4 is 10.9 Å². The number of rotatable bonds is 7. The summed E-state index contributed by atoms with van der Waals surface area (Å²) in [5.74, 6) is 1.40. The summed E-state index contributed by atoms with van der Waals surface area (Å²) < 4.78 is 12.1. The monoisotopic (exact) mass is 1060 g/mol. The van der Waals surface area contributed by atoms with Crippen molar-refractivity contribution in [1.29, 1.82) is 0 Å². The molecule has 406 valence electrons. The third-order valence-corrected chi connectivity index (χ3v) is 14.8. The molecule has 5 nitrogen and oxygen atoms in total. The van der Waals surface area contributed by atoms with Crippen LogP contribution in [-0.4, -0.2) is 5.78 Å². The second kappa shape index (κ2) is 25.9. The molecule has 0 radical (unpaired) electrons. The average molecular weight is 1060 g/mol. The summed E-state index contributed by atoms with van der Waals surface area (Å²) in [5, 5.41) is 1.30. The molecule has 10 aromatic rings. The maximum Gasteiger partial charge on any atom is 0.196 e. The summed E-state index contributed by atoms with van der Waals surface area (Å²) in [5.41, 5.74) is 26.0. The molecule has 0 spiro atoms. The number of aryl methyl sites for hydroxylation is 14. The van der Waals surface area contributed by atoms with Crippen molar-refractivity contribution in [3.8, 4) is 22.6 Å². The molecule has 0 aliphatic rings. The average Bonchev–Trinajstić information content (AvgIpc) is 3.41. The number of hydrogen-bond donors (Lipinski definition) is 0. The van der Waals surface area contributed by atoms with E-state index in [1.54, 1.807) is 6.08 Å². The normalized spacial score (nSPS) is 11.1. The Balaban J connectivity index is 0.000000154. The summed E-state index contributed by atoms with van der Waals surface area (Å²) in [4.78, 5) is 37.3. The highest BCUT2D eigenvalue weighted by Crippen LogP contribution is 2.30. The van der Waals surface area contributed by atoms with Gasteiger partial charge in [0.05, 0.1) is 10.8 Å². The summed E-state index contributed by atoms with van der Waals surface area (Å²) in [6.07, 6.45) is 7.90. The number of allylic oxidation sites excluding steroid dienone is 1. The van der Waals surface area contributed by atoms with Gasteiger partial charge in [-0.05, 0) is 214 Å². The first kappa shape index (κ1) is 59.0. The van der Waals surface area contributed by atoms with Crippen molar-refractivity contribution in [2.24, 2.45) is 0 Å². The lowest BCUT2D eigenvalue weighted by Crippen LogP contribution is -2.07. The standard InChI is InChI=1S/2C19H18O2.C19H20O.C18H20/c1-11-5-8-16-17(9-11)21-19(14(4)18(16)20)15-7-6-12(2)13(3)10-15;1-11-5-7-15(13(3)9-11)19-14(4)18(20)16-10-12(2)6-8-17(16)21-19;1-13-5-9-18(16(4)11-13)19(20)10-8-17-7-6-14(2)15(3)12-17;1-13-9-14(2)11-18(10-13)8-7-17-6-5-15(3)16(4)12-17/h2*5-10H,1-4H3;5-12H,1-4H3;5-12H,1-4H3/b;;10-8+;8-7+. The highest BCUT2D eigenvalue weighted by Gasteiger charge is 2.16. The van der Waals surface area contributed by atoms with Gasteiger partial charge in [0.25, 0.3) is 0 Å². The zero-order valence-corrected chi connectivity index (χ0v) is 49.7. The molecule has 0 fully saturated rings. The zero-order chi connectivity index (χ0) is 58.1. The molecule has 5 heteroatoms. The van der Waals surface area contributed by atoms with Crippen LogP contribution in [0, 0.1) is 111 Å². The molecule has 0 amide bonds. The Morgan fingerprint density at radius 1 is 0.338 bits per heavy atom. The quantitative estimate of drug-likeness (QED) is 0.0903. The Bertz CT molecular complexity index is 4110. The van der Waals surface area contributed by atoms with Crippen molar-refractivity contribution in [2.75, 3.05) is 0 Å². The molecule has 0 unspecified atom stereocenters. The number of ketones is 1. The van der Waals surface area contributed by atoms with Gasteiger partial charge in [0, 0.05) is 27.8 Å². The van der Waals surface area contributed by atoms with Crippen LogP contribution in [-0.2, 0) is 0 Å². The number of benzene rings is 8. The van der Waals surface area contributed by atoms with E-state index in [-0.39, 0.29) is 16.6 Å². The first-order valence-corrected chi connectivity index (χ1v) is 27.4. The van der Waals surface area contributed by atoms with E-state index < -0.39 is 0 Å². The van der Waals surface area contributed by atoms with Crippen LogP contribution in [0.3, 0.4) is 0 Å². The van der Waals surface area contributed by atoms with Gasteiger partial charge in [0.2, 0.25) is 0 Å². The molecule has 0 atom stereocenters. The largest absolute Gasteiger partial charge is 0.456 e. The highest BCUT2D eigenvalue weighted by molar-refractivity contribution is 6.07. The van der Waals surface area contributed by atoms with E-state index in [4.69, 9.17) is 8.83 Å². The summed E-state index contributed by atoms with van der Waals surface area (Å²) >= 11 is 0. The Hall–Kier alpha value is -8.67.